The van der Waals surface area contributed by atoms with Gasteiger partial charge in [-0.25, -0.2) is 4.79 Å². The molecule has 4 nitrogen and oxygen atoms in total. The molecular formula is C21H25NO3S. The molecule has 1 aliphatic carbocycles. The van der Waals surface area contributed by atoms with Crippen LogP contribution in [0, 0.1) is 0 Å². The van der Waals surface area contributed by atoms with Crippen molar-refractivity contribution >= 4 is 23.2 Å². The SMILES string of the molecule is C[C@H](CCc1ccccc1)NC(=O)COC(=O)c1cc2c(s1)CCCC2. The highest BCUT2D eigenvalue weighted by Gasteiger charge is 2.19. The Kier molecular flexibility index (Phi) is 6.45. The van der Waals surface area contributed by atoms with Crippen LogP contribution in [0.25, 0.3) is 0 Å². The number of hydrogen-bond acceptors (Lipinski definition) is 4. The summed E-state index contributed by atoms with van der Waals surface area (Å²) in [5.74, 6) is -0.642. The van der Waals surface area contributed by atoms with Gasteiger partial charge in [0.05, 0.1) is 0 Å². The monoisotopic (exact) mass is 371 g/mol. The zero-order valence-electron chi connectivity index (χ0n) is 15.1. The molecule has 0 saturated carbocycles. The van der Waals surface area contributed by atoms with Crippen molar-refractivity contribution < 1.29 is 14.3 Å². The van der Waals surface area contributed by atoms with Crippen LogP contribution in [0.1, 0.15) is 51.9 Å². The molecule has 26 heavy (non-hydrogen) atoms. The third-order valence-electron chi connectivity index (χ3n) is 4.65. The smallest absolute Gasteiger partial charge is 0.348 e. The van der Waals surface area contributed by atoms with Crippen molar-refractivity contribution in [2.75, 3.05) is 6.61 Å². The number of nitrogens with one attached hydrogen (secondary N) is 1. The Morgan fingerprint density at radius 3 is 2.73 bits per heavy atom. The van der Waals surface area contributed by atoms with Crippen molar-refractivity contribution in [3.05, 3.63) is 57.3 Å². The lowest BCUT2D eigenvalue weighted by Crippen LogP contribution is -2.36. The van der Waals surface area contributed by atoms with Crippen LogP contribution >= 0.6 is 11.3 Å². The average molecular weight is 372 g/mol. The largest absolute Gasteiger partial charge is 0.451 e. The van der Waals surface area contributed by atoms with Gasteiger partial charge in [0.25, 0.3) is 5.91 Å². The van der Waals surface area contributed by atoms with Gasteiger partial charge >= 0.3 is 5.97 Å². The zero-order valence-corrected chi connectivity index (χ0v) is 15.9. The molecule has 2 aromatic rings. The molecule has 5 heteroatoms. The van der Waals surface area contributed by atoms with Crippen molar-refractivity contribution in [1.29, 1.82) is 0 Å². The Balaban J connectivity index is 1.40. The van der Waals surface area contributed by atoms with E-state index in [0.717, 1.165) is 25.7 Å². The Bertz CT molecular complexity index is 730. The number of amides is 1. The summed E-state index contributed by atoms with van der Waals surface area (Å²) >= 11 is 1.51. The molecule has 1 aliphatic rings. The predicted octanol–water partition coefficient (Wildman–Crippen LogP) is 3.92. The first-order valence-corrected chi connectivity index (χ1v) is 10.1. The molecule has 1 N–H and O–H groups in total. The van der Waals surface area contributed by atoms with E-state index in [9.17, 15) is 9.59 Å². The van der Waals surface area contributed by atoms with Gasteiger partial charge in [0.2, 0.25) is 0 Å². The summed E-state index contributed by atoms with van der Waals surface area (Å²) in [6, 6.07) is 12.2. The molecule has 0 bridgehead atoms. The highest BCUT2D eigenvalue weighted by atomic mass is 32.1. The van der Waals surface area contributed by atoms with E-state index >= 15 is 0 Å². The minimum absolute atomic E-state index is 0.0375. The summed E-state index contributed by atoms with van der Waals surface area (Å²) in [5, 5.41) is 2.89. The van der Waals surface area contributed by atoms with Crippen molar-refractivity contribution in [3.63, 3.8) is 0 Å². The lowest BCUT2D eigenvalue weighted by Gasteiger charge is -2.13. The first kappa shape index (κ1) is 18.6. The van der Waals surface area contributed by atoms with Crippen LogP contribution in [-0.2, 0) is 28.8 Å². The average Bonchev–Trinajstić information content (AvgIpc) is 3.09. The summed E-state index contributed by atoms with van der Waals surface area (Å²) in [4.78, 5) is 26.1. The maximum atomic E-state index is 12.2. The van der Waals surface area contributed by atoms with Gasteiger partial charge in [-0.3, -0.25) is 4.79 Å². The van der Waals surface area contributed by atoms with Crippen LogP contribution in [-0.4, -0.2) is 24.5 Å². The molecule has 1 aromatic carbocycles. The van der Waals surface area contributed by atoms with Crippen LogP contribution in [0.5, 0.6) is 0 Å². The van der Waals surface area contributed by atoms with Crippen LogP contribution in [0.3, 0.4) is 0 Å². The van der Waals surface area contributed by atoms with E-state index in [1.807, 2.05) is 31.2 Å². The molecule has 0 unspecified atom stereocenters. The molecule has 1 aromatic heterocycles. The molecule has 0 spiro atoms. The number of carbonyl (C=O) groups excluding carboxylic acids is 2. The van der Waals surface area contributed by atoms with E-state index in [4.69, 9.17) is 4.74 Å². The van der Waals surface area contributed by atoms with Gasteiger partial charge in [-0.05, 0) is 62.6 Å². The lowest BCUT2D eigenvalue weighted by molar-refractivity contribution is -0.124. The van der Waals surface area contributed by atoms with E-state index in [1.54, 1.807) is 0 Å². The fourth-order valence-corrected chi connectivity index (χ4v) is 4.36. The number of fused-ring (bicyclic) bond motifs is 1. The van der Waals surface area contributed by atoms with E-state index < -0.39 is 5.97 Å². The second-order valence-electron chi connectivity index (χ2n) is 6.84. The second kappa shape index (κ2) is 8.99. The van der Waals surface area contributed by atoms with E-state index in [0.29, 0.717) is 4.88 Å². The molecule has 0 aliphatic heterocycles. The normalized spacial score (nSPS) is 14.3. The summed E-state index contributed by atoms with van der Waals surface area (Å²) in [6.07, 6.45) is 6.21. The number of thiophene rings is 1. The highest BCUT2D eigenvalue weighted by molar-refractivity contribution is 7.14. The summed E-state index contributed by atoms with van der Waals surface area (Å²) in [6.45, 7) is 1.74. The summed E-state index contributed by atoms with van der Waals surface area (Å²) in [5.41, 5.74) is 2.52. The minimum atomic E-state index is -0.392. The highest BCUT2D eigenvalue weighted by Crippen LogP contribution is 2.29. The van der Waals surface area contributed by atoms with Gasteiger partial charge in [-0.15, -0.1) is 11.3 Å². The van der Waals surface area contributed by atoms with Crippen LogP contribution in [0.15, 0.2) is 36.4 Å². The second-order valence-corrected chi connectivity index (χ2v) is 7.97. The van der Waals surface area contributed by atoms with Crippen LogP contribution in [0.4, 0.5) is 0 Å². The quantitative estimate of drug-likeness (QED) is 0.751. The fourth-order valence-electron chi connectivity index (χ4n) is 3.21. The van der Waals surface area contributed by atoms with Gasteiger partial charge in [-0.1, -0.05) is 30.3 Å². The van der Waals surface area contributed by atoms with E-state index in [-0.39, 0.29) is 18.6 Å². The molecule has 138 valence electrons. The number of benzene rings is 1. The van der Waals surface area contributed by atoms with Crippen molar-refractivity contribution in [1.82, 2.24) is 5.32 Å². The summed E-state index contributed by atoms with van der Waals surface area (Å²) < 4.78 is 5.19. The van der Waals surface area contributed by atoms with Gasteiger partial charge in [0.15, 0.2) is 6.61 Å². The van der Waals surface area contributed by atoms with Gasteiger partial charge in [0, 0.05) is 10.9 Å². The molecular weight excluding hydrogens is 346 g/mol. The van der Waals surface area contributed by atoms with Gasteiger partial charge in [-0.2, -0.15) is 0 Å². The number of hydrogen-bond donors (Lipinski definition) is 1. The first-order chi connectivity index (χ1) is 12.6. The molecule has 0 saturated heterocycles. The Morgan fingerprint density at radius 2 is 1.96 bits per heavy atom. The first-order valence-electron chi connectivity index (χ1n) is 9.24. The third kappa shape index (κ3) is 5.18. The van der Waals surface area contributed by atoms with Gasteiger partial charge in [0.1, 0.15) is 4.88 Å². The predicted molar refractivity (Wildman–Crippen MR) is 104 cm³/mol. The number of esters is 1. The van der Waals surface area contributed by atoms with E-state index in [1.165, 1.54) is 40.2 Å². The Hall–Kier alpha value is -2.14. The van der Waals surface area contributed by atoms with Crippen molar-refractivity contribution in [2.45, 2.75) is 51.5 Å². The topological polar surface area (TPSA) is 55.4 Å². The molecule has 1 atom stereocenters. The summed E-state index contributed by atoms with van der Waals surface area (Å²) in [7, 11) is 0. The zero-order chi connectivity index (χ0) is 18.4. The lowest BCUT2D eigenvalue weighted by atomic mass is 9.99. The number of carbonyl (C=O) groups is 2. The number of ether oxygens (including phenoxy) is 1. The third-order valence-corrected chi connectivity index (χ3v) is 5.87. The van der Waals surface area contributed by atoms with Crippen LogP contribution in [0.2, 0.25) is 0 Å². The Morgan fingerprint density at radius 1 is 1.19 bits per heavy atom. The maximum absolute atomic E-state index is 12.2. The maximum Gasteiger partial charge on any atom is 0.348 e. The Labute approximate surface area is 158 Å². The van der Waals surface area contributed by atoms with Gasteiger partial charge < -0.3 is 10.1 Å². The number of aryl methyl sites for hydroxylation is 3. The minimum Gasteiger partial charge on any atom is -0.451 e. The van der Waals surface area contributed by atoms with E-state index in [2.05, 4.69) is 17.4 Å². The standard InChI is InChI=1S/C21H25NO3S/c1-15(11-12-16-7-3-2-4-8-16)22-20(23)14-25-21(24)19-13-17-9-5-6-10-18(17)26-19/h2-4,7-8,13,15H,5-6,9-12,14H2,1H3,(H,22,23)/t15-/m1/s1. The molecule has 1 amide bonds. The van der Waals surface area contributed by atoms with Crippen LogP contribution < -0.4 is 5.32 Å². The molecule has 0 fully saturated rings. The molecule has 3 rings (SSSR count). The molecule has 1 heterocycles. The fraction of sp³-hybridized carbons (Fsp3) is 0.429. The number of rotatable bonds is 7. The van der Waals surface area contributed by atoms with Crippen molar-refractivity contribution in [2.24, 2.45) is 0 Å². The molecule has 0 radical (unpaired) electrons. The van der Waals surface area contributed by atoms with Crippen molar-refractivity contribution in [3.8, 4) is 0 Å².